The molecule has 0 saturated carbocycles. The number of fused-ring (bicyclic) bond motifs is 1. The van der Waals surface area contributed by atoms with Crippen LogP contribution in [-0.2, 0) is 11.2 Å². The summed E-state index contributed by atoms with van der Waals surface area (Å²) in [5.41, 5.74) is 3.83. The van der Waals surface area contributed by atoms with Crippen molar-refractivity contribution in [1.82, 2.24) is 4.98 Å². The molecule has 1 aromatic carbocycles. The maximum atomic E-state index is 12.1. The lowest BCUT2D eigenvalue weighted by Gasteiger charge is -2.12. The van der Waals surface area contributed by atoms with Gasteiger partial charge in [0.1, 0.15) is 5.75 Å². The lowest BCUT2D eigenvalue weighted by molar-refractivity contribution is 0.0526. The van der Waals surface area contributed by atoms with Gasteiger partial charge in [-0.05, 0) is 50.3 Å². The summed E-state index contributed by atoms with van der Waals surface area (Å²) < 4.78 is 11.1. The largest absolute Gasteiger partial charge is 0.462 e. The summed E-state index contributed by atoms with van der Waals surface area (Å²) in [5.74, 6) is 0.811. The number of pyridine rings is 1. The summed E-state index contributed by atoms with van der Waals surface area (Å²) in [5, 5.41) is 0. The fraction of sp³-hybridized carbons (Fsp3) is 0.263. The van der Waals surface area contributed by atoms with Crippen LogP contribution in [0, 0.1) is 0 Å². The zero-order chi connectivity index (χ0) is 17.1. The van der Waals surface area contributed by atoms with Crippen molar-refractivity contribution in [3.8, 4) is 11.6 Å². The van der Waals surface area contributed by atoms with Gasteiger partial charge in [-0.15, -0.1) is 11.8 Å². The Labute approximate surface area is 145 Å². The van der Waals surface area contributed by atoms with Crippen molar-refractivity contribution < 1.29 is 14.3 Å². The minimum atomic E-state index is -0.333. The first-order chi connectivity index (χ1) is 11.6. The van der Waals surface area contributed by atoms with Gasteiger partial charge in [0.2, 0.25) is 5.88 Å². The monoisotopic (exact) mass is 341 g/mol. The van der Waals surface area contributed by atoms with E-state index >= 15 is 0 Å². The van der Waals surface area contributed by atoms with Crippen LogP contribution < -0.4 is 4.74 Å². The van der Waals surface area contributed by atoms with E-state index in [2.05, 4.69) is 18.0 Å². The van der Waals surface area contributed by atoms with Gasteiger partial charge in [0.25, 0.3) is 0 Å². The molecular formula is C19H19NO3S. The Morgan fingerprint density at radius 1 is 1.33 bits per heavy atom. The number of nitrogens with zero attached hydrogens (tertiary/aromatic N) is 1. The van der Waals surface area contributed by atoms with E-state index in [1.165, 1.54) is 5.57 Å². The second kappa shape index (κ2) is 7.09. The molecule has 124 valence electrons. The van der Waals surface area contributed by atoms with Gasteiger partial charge in [-0.1, -0.05) is 11.6 Å². The number of esters is 1. The zero-order valence-corrected chi connectivity index (χ0v) is 14.8. The first-order valence-electron chi connectivity index (χ1n) is 7.79. The molecule has 1 aromatic heterocycles. The van der Waals surface area contributed by atoms with Crippen LogP contribution in [-0.4, -0.2) is 23.8 Å². The Bertz CT molecular complexity index is 797. The zero-order valence-electron chi connectivity index (χ0n) is 14.0. The number of aromatic nitrogens is 1. The van der Waals surface area contributed by atoms with Gasteiger partial charge in [0.15, 0.2) is 0 Å². The van der Waals surface area contributed by atoms with Crippen molar-refractivity contribution in [2.45, 2.75) is 25.2 Å². The summed E-state index contributed by atoms with van der Waals surface area (Å²) >= 11 is 1.63. The van der Waals surface area contributed by atoms with E-state index in [0.29, 0.717) is 23.8 Å². The first-order valence-corrected chi connectivity index (χ1v) is 9.02. The van der Waals surface area contributed by atoms with E-state index in [4.69, 9.17) is 9.47 Å². The van der Waals surface area contributed by atoms with Gasteiger partial charge in [-0.2, -0.15) is 0 Å². The number of ether oxygens (including phenoxy) is 2. The van der Waals surface area contributed by atoms with E-state index in [1.807, 2.05) is 24.5 Å². The molecule has 3 rings (SSSR count). The van der Waals surface area contributed by atoms with Gasteiger partial charge in [-0.25, -0.2) is 9.78 Å². The molecule has 4 nitrogen and oxygen atoms in total. The van der Waals surface area contributed by atoms with Gasteiger partial charge >= 0.3 is 5.97 Å². The molecule has 2 aromatic rings. The second-order valence-electron chi connectivity index (χ2n) is 5.57. The molecule has 24 heavy (non-hydrogen) atoms. The molecule has 0 spiro atoms. The molecule has 1 aliphatic carbocycles. The Kier molecular flexibility index (Phi) is 4.90. The Morgan fingerprint density at radius 3 is 2.83 bits per heavy atom. The van der Waals surface area contributed by atoms with Crippen LogP contribution in [0.1, 0.15) is 35.3 Å². The topological polar surface area (TPSA) is 48.4 Å². The summed E-state index contributed by atoms with van der Waals surface area (Å²) in [6.45, 7) is 4.21. The third kappa shape index (κ3) is 3.46. The molecule has 0 unspecified atom stereocenters. The normalized spacial score (nSPS) is 12.5. The van der Waals surface area contributed by atoms with Gasteiger partial charge in [0.05, 0.1) is 12.2 Å². The number of allylic oxidation sites excluding steroid dienone is 1. The summed E-state index contributed by atoms with van der Waals surface area (Å²) in [6.07, 6.45) is 6.69. The minimum Gasteiger partial charge on any atom is -0.462 e. The van der Waals surface area contributed by atoms with Crippen LogP contribution in [0.3, 0.4) is 0 Å². The SMILES string of the molecule is CCOC(=O)c1cc2c(c(Oc3ccc(SC)cn3)c1)C=C(C)C2. The van der Waals surface area contributed by atoms with Crippen LogP contribution in [0.15, 0.2) is 40.9 Å². The van der Waals surface area contributed by atoms with Crippen molar-refractivity contribution in [1.29, 1.82) is 0 Å². The number of carbonyl (C=O) groups is 1. The molecule has 0 aliphatic heterocycles. The number of carbonyl (C=O) groups excluding carboxylic acids is 1. The smallest absolute Gasteiger partial charge is 0.338 e. The molecule has 1 aliphatic rings. The summed E-state index contributed by atoms with van der Waals surface area (Å²) in [4.78, 5) is 17.5. The number of rotatable bonds is 5. The lowest BCUT2D eigenvalue weighted by Crippen LogP contribution is -2.06. The molecule has 0 bridgehead atoms. The van der Waals surface area contributed by atoms with Gasteiger partial charge in [0, 0.05) is 22.7 Å². The van der Waals surface area contributed by atoms with E-state index < -0.39 is 0 Å². The number of hydrogen-bond donors (Lipinski definition) is 0. The van der Waals surface area contributed by atoms with Crippen molar-refractivity contribution in [2.24, 2.45) is 0 Å². The van der Waals surface area contributed by atoms with Gasteiger partial charge < -0.3 is 9.47 Å². The highest BCUT2D eigenvalue weighted by Crippen LogP contribution is 2.36. The number of hydrogen-bond acceptors (Lipinski definition) is 5. The van der Waals surface area contributed by atoms with Crippen molar-refractivity contribution in [2.75, 3.05) is 12.9 Å². The van der Waals surface area contributed by atoms with E-state index in [0.717, 1.165) is 22.4 Å². The molecule has 5 heteroatoms. The second-order valence-corrected chi connectivity index (χ2v) is 6.45. The van der Waals surface area contributed by atoms with Crippen LogP contribution in [0.4, 0.5) is 0 Å². The average Bonchev–Trinajstić information content (AvgIpc) is 2.96. The third-order valence-electron chi connectivity index (χ3n) is 3.76. The predicted octanol–water partition coefficient (Wildman–Crippen LogP) is 4.73. The maximum Gasteiger partial charge on any atom is 0.338 e. The van der Waals surface area contributed by atoms with Crippen LogP contribution >= 0.6 is 11.8 Å². The molecular weight excluding hydrogens is 322 g/mol. The van der Waals surface area contributed by atoms with Crippen LogP contribution in [0.5, 0.6) is 11.6 Å². The number of thioether (sulfide) groups is 1. The maximum absolute atomic E-state index is 12.1. The highest BCUT2D eigenvalue weighted by atomic mass is 32.2. The molecule has 0 radical (unpaired) electrons. The molecule has 1 heterocycles. The number of benzene rings is 1. The van der Waals surface area contributed by atoms with Crippen molar-refractivity contribution in [3.05, 3.63) is 52.7 Å². The van der Waals surface area contributed by atoms with E-state index in [1.54, 1.807) is 30.9 Å². The summed E-state index contributed by atoms with van der Waals surface area (Å²) in [7, 11) is 0. The fourth-order valence-electron chi connectivity index (χ4n) is 2.67. The predicted molar refractivity (Wildman–Crippen MR) is 95.8 cm³/mol. The molecule has 0 fully saturated rings. The lowest BCUT2D eigenvalue weighted by atomic mass is 10.0. The third-order valence-corrected chi connectivity index (χ3v) is 4.47. The van der Waals surface area contributed by atoms with E-state index in [-0.39, 0.29) is 5.97 Å². The Hall–Kier alpha value is -2.27. The van der Waals surface area contributed by atoms with Crippen molar-refractivity contribution >= 4 is 23.8 Å². The average molecular weight is 341 g/mol. The van der Waals surface area contributed by atoms with Crippen LogP contribution in [0.2, 0.25) is 0 Å². The molecule has 0 atom stereocenters. The molecule has 0 N–H and O–H groups in total. The standard InChI is InChI=1S/C19H19NO3S/c1-4-22-19(21)14-9-13-7-12(2)8-16(13)17(10-14)23-18-6-5-15(24-3)11-20-18/h5-6,8-11H,4,7H2,1-3H3. The Balaban J connectivity index is 1.96. The fourth-order valence-corrected chi connectivity index (χ4v) is 3.03. The Morgan fingerprint density at radius 2 is 2.17 bits per heavy atom. The summed E-state index contributed by atoms with van der Waals surface area (Å²) in [6, 6.07) is 7.41. The van der Waals surface area contributed by atoms with Crippen molar-refractivity contribution in [3.63, 3.8) is 0 Å². The highest BCUT2D eigenvalue weighted by molar-refractivity contribution is 7.98. The van der Waals surface area contributed by atoms with Crippen LogP contribution in [0.25, 0.3) is 6.08 Å². The van der Waals surface area contributed by atoms with Gasteiger partial charge in [-0.3, -0.25) is 0 Å². The quantitative estimate of drug-likeness (QED) is 0.581. The first kappa shape index (κ1) is 16.6. The minimum absolute atomic E-state index is 0.333. The molecule has 0 saturated heterocycles. The van der Waals surface area contributed by atoms with E-state index in [9.17, 15) is 4.79 Å². The molecule has 0 amide bonds. The highest BCUT2D eigenvalue weighted by Gasteiger charge is 2.20.